The van der Waals surface area contributed by atoms with Crippen LogP contribution in [-0.4, -0.2) is 47.4 Å². The second kappa shape index (κ2) is 11.9. The highest BCUT2D eigenvalue weighted by molar-refractivity contribution is 14.0. The molecule has 32 heavy (non-hydrogen) atoms. The Morgan fingerprint density at radius 2 is 2.00 bits per heavy atom. The van der Waals surface area contributed by atoms with Crippen LogP contribution in [0.3, 0.4) is 0 Å². The molecule has 1 saturated heterocycles. The van der Waals surface area contributed by atoms with Crippen LogP contribution in [-0.2, 0) is 24.9 Å². The highest BCUT2D eigenvalue weighted by Gasteiger charge is 2.25. The topological polar surface area (TPSA) is 63.9 Å². The number of ether oxygens (including phenoxy) is 2. The zero-order valence-corrected chi connectivity index (χ0v) is 20.8. The molecule has 7 nitrogen and oxygen atoms in total. The quantitative estimate of drug-likeness (QED) is 0.289. The first kappa shape index (κ1) is 24.1. The van der Waals surface area contributed by atoms with Gasteiger partial charge in [0.1, 0.15) is 18.5 Å². The molecule has 1 aliphatic rings. The maximum atomic E-state index is 5.95. The second-order valence-corrected chi connectivity index (χ2v) is 7.58. The molecule has 2 heterocycles. The molecule has 0 saturated carbocycles. The summed E-state index contributed by atoms with van der Waals surface area (Å²) in [7, 11) is 3.73. The van der Waals surface area contributed by atoms with Gasteiger partial charge in [0.15, 0.2) is 5.96 Å². The fraction of sp³-hybridized carbons (Fsp3) is 0.333. The van der Waals surface area contributed by atoms with Crippen molar-refractivity contribution in [2.75, 3.05) is 26.7 Å². The minimum atomic E-state index is -0.00397. The van der Waals surface area contributed by atoms with Gasteiger partial charge in [0.25, 0.3) is 0 Å². The van der Waals surface area contributed by atoms with Gasteiger partial charge in [-0.3, -0.25) is 9.67 Å². The Bertz CT molecular complexity index is 1010. The van der Waals surface area contributed by atoms with E-state index in [9.17, 15) is 0 Å². The molecule has 0 bridgehead atoms. The summed E-state index contributed by atoms with van der Waals surface area (Å²) in [5.74, 6) is 1.73. The summed E-state index contributed by atoms with van der Waals surface area (Å²) in [6, 6.07) is 18.4. The van der Waals surface area contributed by atoms with E-state index in [1.54, 1.807) is 4.68 Å². The third-order valence-electron chi connectivity index (χ3n) is 5.27. The Morgan fingerprint density at radius 1 is 1.19 bits per heavy atom. The van der Waals surface area contributed by atoms with Crippen molar-refractivity contribution >= 4 is 29.9 Å². The van der Waals surface area contributed by atoms with Crippen molar-refractivity contribution in [1.29, 1.82) is 0 Å². The van der Waals surface area contributed by atoms with Gasteiger partial charge in [0.2, 0.25) is 0 Å². The molecule has 2 aromatic carbocycles. The Kier molecular flexibility index (Phi) is 8.92. The van der Waals surface area contributed by atoms with E-state index in [2.05, 4.69) is 44.6 Å². The van der Waals surface area contributed by atoms with Gasteiger partial charge in [0, 0.05) is 38.9 Å². The highest BCUT2D eigenvalue weighted by Crippen LogP contribution is 2.22. The third kappa shape index (κ3) is 6.46. The summed E-state index contributed by atoms with van der Waals surface area (Å²) < 4.78 is 13.7. The molecule has 0 spiro atoms. The molecule has 1 N–H and O–H groups in total. The van der Waals surface area contributed by atoms with Gasteiger partial charge in [0.05, 0.1) is 19.3 Å². The Balaban J connectivity index is 0.00000289. The fourth-order valence-electron chi connectivity index (χ4n) is 3.65. The largest absolute Gasteiger partial charge is 0.489 e. The van der Waals surface area contributed by atoms with Crippen LogP contribution < -0.4 is 10.1 Å². The molecule has 1 fully saturated rings. The summed E-state index contributed by atoms with van der Waals surface area (Å²) in [6.07, 6.45) is 3.87. The first-order chi connectivity index (χ1) is 15.2. The lowest BCUT2D eigenvalue weighted by Crippen LogP contribution is -2.47. The summed E-state index contributed by atoms with van der Waals surface area (Å²) >= 11 is 0. The van der Waals surface area contributed by atoms with Crippen molar-refractivity contribution in [3.63, 3.8) is 0 Å². The number of nitrogens with zero attached hydrogens (tertiary/aromatic N) is 4. The lowest BCUT2D eigenvalue weighted by molar-refractivity contribution is -0.00805. The number of benzene rings is 2. The SMILES string of the molecule is CN=C(NCc1cccc(OCc2ccccc2)c1)N1CCOC(c2cnn(C)c2)C1.I. The molecular formula is C24H30IN5O2. The van der Waals surface area contributed by atoms with Crippen molar-refractivity contribution in [3.05, 3.63) is 83.7 Å². The van der Waals surface area contributed by atoms with E-state index in [4.69, 9.17) is 9.47 Å². The molecule has 170 valence electrons. The molecule has 1 atom stereocenters. The van der Waals surface area contributed by atoms with Crippen molar-refractivity contribution in [2.45, 2.75) is 19.3 Å². The van der Waals surface area contributed by atoms with Crippen LogP contribution in [0, 0.1) is 0 Å². The molecule has 1 unspecified atom stereocenters. The average Bonchev–Trinajstić information content (AvgIpc) is 3.26. The number of rotatable bonds is 6. The lowest BCUT2D eigenvalue weighted by Gasteiger charge is -2.34. The first-order valence-corrected chi connectivity index (χ1v) is 10.5. The van der Waals surface area contributed by atoms with Crippen LogP contribution in [0.1, 0.15) is 22.8 Å². The average molecular weight is 547 g/mol. The van der Waals surface area contributed by atoms with Gasteiger partial charge < -0.3 is 19.7 Å². The van der Waals surface area contributed by atoms with Crippen LogP contribution in [0.5, 0.6) is 5.75 Å². The van der Waals surface area contributed by atoms with Crippen LogP contribution in [0.4, 0.5) is 0 Å². The van der Waals surface area contributed by atoms with Gasteiger partial charge in [-0.05, 0) is 23.3 Å². The van der Waals surface area contributed by atoms with Gasteiger partial charge in [-0.2, -0.15) is 5.10 Å². The highest BCUT2D eigenvalue weighted by atomic mass is 127. The lowest BCUT2D eigenvalue weighted by atomic mass is 10.1. The monoisotopic (exact) mass is 547 g/mol. The maximum absolute atomic E-state index is 5.95. The number of aromatic nitrogens is 2. The predicted molar refractivity (Wildman–Crippen MR) is 136 cm³/mol. The number of guanidine groups is 1. The zero-order chi connectivity index (χ0) is 21.5. The zero-order valence-electron chi connectivity index (χ0n) is 18.5. The van der Waals surface area contributed by atoms with Gasteiger partial charge in [-0.25, -0.2) is 0 Å². The van der Waals surface area contributed by atoms with Gasteiger partial charge in [-0.15, -0.1) is 24.0 Å². The minimum absolute atomic E-state index is 0. The molecule has 4 rings (SSSR count). The number of halogens is 1. The number of hydrogen-bond acceptors (Lipinski definition) is 4. The van der Waals surface area contributed by atoms with E-state index >= 15 is 0 Å². The number of morpholine rings is 1. The van der Waals surface area contributed by atoms with Crippen molar-refractivity contribution in [2.24, 2.45) is 12.0 Å². The first-order valence-electron chi connectivity index (χ1n) is 10.5. The normalized spacial score (nSPS) is 16.4. The molecule has 0 radical (unpaired) electrons. The van der Waals surface area contributed by atoms with Crippen LogP contribution in [0.15, 0.2) is 72.0 Å². The Labute approximate surface area is 206 Å². The third-order valence-corrected chi connectivity index (χ3v) is 5.27. The number of aryl methyl sites for hydroxylation is 1. The number of nitrogens with one attached hydrogen (secondary N) is 1. The molecule has 8 heteroatoms. The Hall–Kier alpha value is -2.59. The van der Waals surface area contributed by atoms with E-state index in [0.29, 0.717) is 19.8 Å². The van der Waals surface area contributed by atoms with E-state index in [1.165, 1.54) is 0 Å². The maximum Gasteiger partial charge on any atom is 0.194 e. The minimum Gasteiger partial charge on any atom is -0.489 e. The van der Waals surface area contributed by atoms with Crippen LogP contribution in [0.25, 0.3) is 0 Å². The standard InChI is InChI=1S/C24H29N5O2.HI/c1-25-24(29-11-12-30-23(17-29)21-15-27-28(2)16-21)26-14-20-9-6-10-22(13-20)31-18-19-7-4-3-5-8-19;/h3-10,13,15-16,23H,11-12,14,17-18H2,1-2H3,(H,25,26);1H. The number of aliphatic imine (C=N–C) groups is 1. The summed E-state index contributed by atoms with van der Waals surface area (Å²) in [5.41, 5.74) is 3.39. The molecule has 3 aromatic rings. The van der Waals surface area contributed by atoms with Crippen molar-refractivity contribution < 1.29 is 9.47 Å². The fourth-order valence-corrected chi connectivity index (χ4v) is 3.65. The van der Waals surface area contributed by atoms with Crippen LogP contribution >= 0.6 is 24.0 Å². The van der Waals surface area contributed by atoms with Crippen LogP contribution in [0.2, 0.25) is 0 Å². The van der Waals surface area contributed by atoms with E-state index in [1.807, 2.05) is 56.8 Å². The Morgan fingerprint density at radius 3 is 2.75 bits per heavy atom. The smallest absolute Gasteiger partial charge is 0.194 e. The van der Waals surface area contributed by atoms with Gasteiger partial charge in [-0.1, -0.05) is 42.5 Å². The van der Waals surface area contributed by atoms with E-state index in [-0.39, 0.29) is 30.1 Å². The van der Waals surface area contributed by atoms with Gasteiger partial charge >= 0.3 is 0 Å². The molecule has 0 amide bonds. The predicted octanol–water partition coefficient (Wildman–Crippen LogP) is 3.77. The summed E-state index contributed by atoms with van der Waals surface area (Å²) in [5, 5.41) is 7.74. The van der Waals surface area contributed by atoms with Crippen molar-refractivity contribution in [3.8, 4) is 5.75 Å². The van der Waals surface area contributed by atoms with E-state index < -0.39 is 0 Å². The molecular weight excluding hydrogens is 517 g/mol. The van der Waals surface area contributed by atoms with Crippen molar-refractivity contribution in [1.82, 2.24) is 20.0 Å². The van der Waals surface area contributed by atoms with E-state index in [0.717, 1.165) is 41.5 Å². The molecule has 0 aliphatic carbocycles. The second-order valence-electron chi connectivity index (χ2n) is 7.58. The molecule has 1 aromatic heterocycles. The summed E-state index contributed by atoms with van der Waals surface area (Å²) in [4.78, 5) is 6.72. The molecule has 1 aliphatic heterocycles. The summed E-state index contributed by atoms with van der Waals surface area (Å²) in [6.45, 7) is 3.43. The number of hydrogen-bond donors (Lipinski definition) is 1.